The number of furan rings is 1. The van der Waals surface area contributed by atoms with E-state index in [1.165, 1.54) is 0 Å². The van der Waals surface area contributed by atoms with E-state index in [2.05, 4.69) is 15.5 Å². The Balaban J connectivity index is 1.88. The number of rotatable bonds is 3. The molecule has 0 saturated carbocycles. The first-order chi connectivity index (χ1) is 11.0. The molecule has 1 N–H and O–H groups in total. The maximum absolute atomic E-state index is 12.5. The predicted octanol–water partition coefficient (Wildman–Crippen LogP) is 3.01. The summed E-state index contributed by atoms with van der Waals surface area (Å²) < 4.78 is 7.24. The van der Waals surface area contributed by atoms with Crippen LogP contribution in [-0.2, 0) is 0 Å². The third kappa shape index (κ3) is 2.75. The molecule has 3 heterocycles. The van der Waals surface area contributed by atoms with Gasteiger partial charge in [-0.05, 0) is 45.9 Å². The maximum atomic E-state index is 12.5. The van der Waals surface area contributed by atoms with E-state index in [0.29, 0.717) is 17.1 Å². The first-order valence-corrected chi connectivity index (χ1v) is 7.33. The Bertz CT molecular complexity index is 918. The van der Waals surface area contributed by atoms with Crippen LogP contribution in [0.4, 0.5) is 0 Å². The maximum Gasteiger partial charge on any atom is 0.290 e. The molecule has 0 aliphatic heterocycles. The number of pyridine rings is 1. The highest BCUT2D eigenvalue weighted by Crippen LogP contribution is 2.15. The zero-order chi connectivity index (χ0) is 16.6. The average molecular weight is 310 g/mol. The number of hydrogen-bond acceptors (Lipinski definition) is 4. The number of aryl methyl sites for hydroxylation is 3. The molecule has 118 valence electrons. The van der Waals surface area contributed by atoms with Crippen LogP contribution in [0.5, 0.6) is 0 Å². The molecule has 0 fully saturated rings. The van der Waals surface area contributed by atoms with Gasteiger partial charge in [-0.2, -0.15) is 5.10 Å². The summed E-state index contributed by atoms with van der Waals surface area (Å²) in [4.78, 5) is 16.8. The van der Waals surface area contributed by atoms with Crippen LogP contribution in [0.3, 0.4) is 0 Å². The molecule has 0 aliphatic rings. The lowest BCUT2D eigenvalue weighted by Gasteiger charge is -2.03. The van der Waals surface area contributed by atoms with E-state index in [4.69, 9.17) is 4.42 Å². The zero-order valence-corrected chi connectivity index (χ0v) is 13.5. The number of hydrogen-bond donors (Lipinski definition) is 1. The standard InChI is InChI=1S/C17H18N4O2/c1-10-9-14(13(4)23-10)11(2)19-20-17(22)16-12(3)18-15-7-5-6-8-21(15)16/h5-9H,1-4H3,(H,20,22)/b19-11-. The second-order valence-electron chi connectivity index (χ2n) is 5.44. The summed E-state index contributed by atoms with van der Waals surface area (Å²) >= 11 is 0. The third-order valence-electron chi connectivity index (χ3n) is 3.68. The van der Waals surface area contributed by atoms with Crippen LogP contribution >= 0.6 is 0 Å². The molecule has 0 radical (unpaired) electrons. The third-order valence-corrected chi connectivity index (χ3v) is 3.68. The highest BCUT2D eigenvalue weighted by molar-refractivity contribution is 6.01. The minimum Gasteiger partial charge on any atom is -0.466 e. The number of carbonyl (C=O) groups excluding carboxylic acids is 1. The lowest BCUT2D eigenvalue weighted by molar-refractivity contribution is 0.0948. The van der Waals surface area contributed by atoms with Gasteiger partial charge in [-0.15, -0.1) is 0 Å². The van der Waals surface area contributed by atoms with E-state index < -0.39 is 0 Å². The van der Waals surface area contributed by atoms with Gasteiger partial charge in [-0.1, -0.05) is 6.07 Å². The lowest BCUT2D eigenvalue weighted by atomic mass is 10.2. The summed E-state index contributed by atoms with van der Waals surface area (Å²) in [6.45, 7) is 7.39. The van der Waals surface area contributed by atoms with E-state index in [9.17, 15) is 4.79 Å². The summed E-state index contributed by atoms with van der Waals surface area (Å²) in [7, 11) is 0. The van der Waals surface area contributed by atoms with E-state index in [1.807, 2.05) is 58.2 Å². The van der Waals surface area contributed by atoms with Crippen LogP contribution in [0.15, 0.2) is 40.0 Å². The topological polar surface area (TPSA) is 71.9 Å². The summed E-state index contributed by atoms with van der Waals surface area (Å²) in [5.74, 6) is 1.30. The Labute approximate surface area is 133 Å². The van der Waals surface area contributed by atoms with E-state index in [-0.39, 0.29) is 5.91 Å². The van der Waals surface area contributed by atoms with Gasteiger partial charge in [0.05, 0.1) is 11.4 Å². The average Bonchev–Trinajstić information content (AvgIpc) is 3.02. The molecule has 3 aromatic rings. The molecular weight excluding hydrogens is 292 g/mol. The number of nitrogens with one attached hydrogen (secondary N) is 1. The summed E-state index contributed by atoms with van der Waals surface area (Å²) in [5.41, 5.74) is 6.06. The normalized spacial score (nSPS) is 11.9. The summed E-state index contributed by atoms with van der Waals surface area (Å²) in [5, 5.41) is 4.19. The number of fused-ring (bicyclic) bond motifs is 1. The molecule has 0 unspecified atom stereocenters. The first-order valence-electron chi connectivity index (χ1n) is 7.33. The van der Waals surface area contributed by atoms with Crippen molar-refractivity contribution in [2.75, 3.05) is 0 Å². The molecule has 0 bridgehead atoms. The predicted molar refractivity (Wildman–Crippen MR) is 87.8 cm³/mol. The van der Waals surface area contributed by atoms with Crippen LogP contribution in [0, 0.1) is 20.8 Å². The van der Waals surface area contributed by atoms with Crippen molar-refractivity contribution in [2.45, 2.75) is 27.7 Å². The number of amides is 1. The molecule has 0 spiro atoms. The van der Waals surface area contributed by atoms with Crippen LogP contribution in [-0.4, -0.2) is 21.0 Å². The summed E-state index contributed by atoms with van der Waals surface area (Å²) in [6, 6.07) is 7.50. The van der Waals surface area contributed by atoms with Crippen molar-refractivity contribution in [3.8, 4) is 0 Å². The van der Waals surface area contributed by atoms with E-state index in [1.54, 1.807) is 4.40 Å². The molecule has 1 amide bonds. The Kier molecular flexibility index (Phi) is 3.73. The fourth-order valence-electron chi connectivity index (χ4n) is 2.62. The van der Waals surface area contributed by atoms with Crippen molar-refractivity contribution in [1.29, 1.82) is 0 Å². The van der Waals surface area contributed by atoms with Gasteiger partial charge < -0.3 is 4.42 Å². The smallest absolute Gasteiger partial charge is 0.290 e. The summed E-state index contributed by atoms with van der Waals surface area (Å²) in [6.07, 6.45) is 1.81. The Hall–Kier alpha value is -2.89. The van der Waals surface area contributed by atoms with Gasteiger partial charge in [0.2, 0.25) is 0 Å². The molecule has 0 aliphatic carbocycles. The molecule has 0 saturated heterocycles. The highest BCUT2D eigenvalue weighted by Gasteiger charge is 2.16. The first kappa shape index (κ1) is 15.0. The number of carbonyl (C=O) groups is 1. The number of imidazole rings is 1. The van der Waals surface area contributed by atoms with Gasteiger partial charge in [-0.3, -0.25) is 9.20 Å². The largest absolute Gasteiger partial charge is 0.466 e. The van der Waals surface area contributed by atoms with Gasteiger partial charge in [0.1, 0.15) is 22.9 Å². The highest BCUT2D eigenvalue weighted by atomic mass is 16.3. The van der Waals surface area contributed by atoms with Crippen molar-refractivity contribution in [1.82, 2.24) is 14.8 Å². The van der Waals surface area contributed by atoms with Crippen molar-refractivity contribution in [3.05, 3.63) is 58.9 Å². The number of hydrazone groups is 1. The van der Waals surface area contributed by atoms with Crippen LogP contribution in [0.25, 0.3) is 5.65 Å². The number of nitrogens with zero attached hydrogens (tertiary/aromatic N) is 3. The van der Waals surface area contributed by atoms with Crippen LogP contribution in [0.2, 0.25) is 0 Å². The fourth-order valence-corrected chi connectivity index (χ4v) is 2.62. The minimum atomic E-state index is -0.293. The second-order valence-corrected chi connectivity index (χ2v) is 5.44. The van der Waals surface area contributed by atoms with Gasteiger partial charge >= 0.3 is 0 Å². The van der Waals surface area contributed by atoms with E-state index >= 15 is 0 Å². The van der Waals surface area contributed by atoms with Crippen LogP contribution < -0.4 is 5.43 Å². The molecule has 3 rings (SSSR count). The quantitative estimate of drug-likeness (QED) is 0.597. The molecule has 23 heavy (non-hydrogen) atoms. The molecule has 0 atom stereocenters. The monoisotopic (exact) mass is 310 g/mol. The fraction of sp³-hybridized carbons (Fsp3) is 0.235. The van der Waals surface area contributed by atoms with Crippen molar-refractivity contribution < 1.29 is 9.21 Å². The molecule has 6 nitrogen and oxygen atoms in total. The SMILES string of the molecule is C/C(=N/NC(=O)c1c(C)nc2ccccn12)c1cc(C)oc1C. The van der Waals surface area contributed by atoms with E-state index in [0.717, 1.165) is 22.7 Å². The number of aromatic nitrogens is 2. The van der Waals surface area contributed by atoms with Gasteiger partial charge in [-0.25, -0.2) is 10.4 Å². The van der Waals surface area contributed by atoms with Gasteiger partial charge in [0.15, 0.2) is 0 Å². The Morgan fingerprint density at radius 3 is 2.78 bits per heavy atom. The van der Waals surface area contributed by atoms with Crippen molar-refractivity contribution >= 4 is 17.3 Å². The van der Waals surface area contributed by atoms with Crippen LogP contribution in [0.1, 0.15) is 40.2 Å². The van der Waals surface area contributed by atoms with Crippen molar-refractivity contribution in [2.24, 2.45) is 5.10 Å². The zero-order valence-electron chi connectivity index (χ0n) is 13.5. The Morgan fingerprint density at radius 2 is 2.09 bits per heavy atom. The van der Waals surface area contributed by atoms with Crippen molar-refractivity contribution in [3.63, 3.8) is 0 Å². The lowest BCUT2D eigenvalue weighted by Crippen LogP contribution is -2.22. The molecule has 6 heteroatoms. The molecule has 0 aromatic carbocycles. The Morgan fingerprint density at radius 1 is 1.30 bits per heavy atom. The van der Waals surface area contributed by atoms with Gasteiger partial charge in [0.25, 0.3) is 5.91 Å². The molecule has 3 aromatic heterocycles. The minimum absolute atomic E-state index is 0.293. The van der Waals surface area contributed by atoms with Gasteiger partial charge in [0, 0.05) is 11.8 Å². The second kappa shape index (κ2) is 5.72. The molecular formula is C17H18N4O2.